The van der Waals surface area contributed by atoms with Crippen LogP contribution in [0.25, 0.3) is 16.6 Å². The highest BCUT2D eigenvalue weighted by molar-refractivity contribution is 8.00. The SMILES string of the molecule is Cc1ccc(-n2c(SC(C)C(=O)NC3CC3)nc3ccccc3c2=O)cc1C. The fourth-order valence-corrected chi connectivity index (χ4v) is 3.98. The number of para-hydroxylation sites is 1. The number of aryl methyl sites for hydroxylation is 2. The van der Waals surface area contributed by atoms with Crippen molar-refractivity contribution in [2.75, 3.05) is 0 Å². The van der Waals surface area contributed by atoms with E-state index < -0.39 is 0 Å². The molecule has 2 aromatic carbocycles. The predicted octanol–water partition coefficient (Wildman–Crippen LogP) is 3.76. The van der Waals surface area contributed by atoms with E-state index in [9.17, 15) is 9.59 Å². The van der Waals surface area contributed by atoms with Crippen molar-refractivity contribution >= 4 is 28.6 Å². The van der Waals surface area contributed by atoms with Crippen LogP contribution in [0, 0.1) is 13.8 Å². The molecule has 1 unspecified atom stereocenters. The molecule has 0 radical (unpaired) electrons. The van der Waals surface area contributed by atoms with E-state index in [2.05, 4.69) is 5.32 Å². The fraction of sp³-hybridized carbons (Fsp3) is 0.318. The van der Waals surface area contributed by atoms with Crippen molar-refractivity contribution in [3.05, 3.63) is 63.9 Å². The summed E-state index contributed by atoms with van der Waals surface area (Å²) in [4.78, 5) is 30.5. The van der Waals surface area contributed by atoms with E-state index in [0.717, 1.165) is 29.7 Å². The third kappa shape index (κ3) is 3.69. The number of fused-ring (bicyclic) bond motifs is 1. The molecular weight excluding hydrogens is 370 g/mol. The van der Waals surface area contributed by atoms with Crippen molar-refractivity contribution in [2.45, 2.75) is 50.1 Å². The summed E-state index contributed by atoms with van der Waals surface area (Å²) in [5, 5.41) is 3.79. The maximum Gasteiger partial charge on any atom is 0.266 e. The number of nitrogens with one attached hydrogen (secondary N) is 1. The molecule has 0 saturated heterocycles. The summed E-state index contributed by atoms with van der Waals surface area (Å²) < 4.78 is 1.63. The molecule has 1 fully saturated rings. The average molecular weight is 394 g/mol. The minimum atomic E-state index is -0.341. The van der Waals surface area contributed by atoms with Gasteiger partial charge in [0.05, 0.1) is 21.8 Å². The van der Waals surface area contributed by atoms with Crippen molar-refractivity contribution in [1.29, 1.82) is 0 Å². The Kier molecular flexibility index (Phi) is 4.98. The lowest BCUT2D eigenvalue weighted by atomic mass is 10.1. The molecule has 1 amide bonds. The fourth-order valence-electron chi connectivity index (χ4n) is 3.04. The lowest BCUT2D eigenvalue weighted by Gasteiger charge is -2.17. The van der Waals surface area contributed by atoms with Gasteiger partial charge in [-0.05, 0) is 69.0 Å². The molecule has 1 aliphatic rings. The number of carbonyl (C=O) groups excluding carboxylic acids is 1. The van der Waals surface area contributed by atoms with Gasteiger partial charge in [0.25, 0.3) is 5.56 Å². The Morgan fingerprint density at radius 2 is 1.93 bits per heavy atom. The van der Waals surface area contributed by atoms with Crippen LogP contribution in [0.1, 0.15) is 30.9 Å². The topological polar surface area (TPSA) is 64.0 Å². The third-order valence-electron chi connectivity index (χ3n) is 5.07. The molecule has 1 aromatic heterocycles. The molecule has 1 saturated carbocycles. The molecule has 0 bridgehead atoms. The first-order valence-corrected chi connectivity index (χ1v) is 10.4. The summed E-state index contributed by atoms with van der Waals surface area (Å²) in [6.45, 7) is 5.92. The van der Waals surface area contributed by atoms with Gasteiger partial charge in [-0.1, -0.05) is 30.0 Å². The van der Waals surface area contributed by atoms with Gasteiger partial charge in [0.2, 0.25) is 5.91 Å². The molecule has 4 rings (SSSR count). The largest absolute Gasteiger partial charge is 0.352 e. The van der Waals surface area contributed by atoms with Crippen LogP contribution in [-0.2, 0) is 4.79 Å². The van der Waals surface area contributed by atoms with Crippen LogP contribution >= 0.6 is 11.8 Å². The molecular formula is C22H23N3O2S. The monoisotopic (exact) mass is 393 g/mol. The van der Waals surface area contributed by atoms with E-state index in [0.29, 0.717) is 22.1 Å². The first kappa shape index (κ1) is 18.7. The van der Waals surface area contributed by atoms with E-state index in [1.807, 2.05) is 57.2 Å². The Bertz CT molecular complexity index is 1120. The molecule has 3 aromatic rings. The summed E-state index contributed by atoms with van der Waals surface area (Å²) in [6, 6.07) is 13.6. The molecule has 5 nitrogen and oxygen atoms in total. The molecule has 144 valence electrons. The minimum Gasteiger partial charge on any atom is -0.352 e. The van der Waals surface area contributed by atoms with Gasteiger partial charge in [0.1, 0.15) is 0 Å². The van der Waals surface area contributed by atoms with E-state index in [1.54, 1.807) is 10.6 Å². The number of amides is 1. The second-order valence-electron chi connectivity index (χ2n) is 7.36. The number of aromatic nitrogens is 2. The van der Waals surface area contributed by atoms with Gasteiger partial charge in [-0.25, -0.2) is 4.98 Å². The standard InChI is InChI=1S/C22H23N3O2S/c1-13-8-11-17(12-14(13)2)25-21(27)18-6-4-5-7-19(18)24-22(25)28-15(3)20(26)23-16-9-10-16/h4-8,11-12,15-16H,9-10H2,1-3H3,(H,23,26). The van der Waals surface area contributed by atoms with Gasteiger partial charge in [-0.3, -0.25) is 14.2 Å². The maximum atomic E-state index is 13.3. The number of benzene rings is 2. The van der Waals surface area contributed by atoms with Gasteiger partial charge in [-0.15, -0.1) is 0 Å². The molecule has 0 spiro atoms. The molecule has 1 heterocycles. The van der Waals surface area contributed by atoms with Crippen molar-refractivity contribution in [2.24, 2.45) is 0 Å². The van der Waals surface area contributed by atoms with Crippen LogP contribution < -0.4 is 10.9 Å². The van der Waals surface area contributed by atoms with E-state index in [1.165, 1.54) is 11.8 Å². The van der Waals surface area contributed by atoms with Gasteiger partial charge in [0.15, 0.2) is 5.16 Å². The highest BCUT2D eigenvalue weighted by Gasteiger charge is 2.27. The number of nitrogens with zero attached hydrogens (tertiary/aromatic N) is 2. The van der Waals surface area contributed by atoms with Crippen LogP contribution in [0.3, 0.4) is 0 Å². The van der Waals surface area contributed by atoms with Crippen LogP contribution in [-0.4, -0.2) is 26.8 Å². The van der Waals surface area contributed by atoms with Gasteiger partial charge < -0.3 is 5.32 Å². The molecule has 1 N–H and O–H groups in total. The second-order valence-corrected chi connectivity index (χ2v) is 8.67. The summed E-state index contributed by atoms with van der Waals surface area (Å²) in [5.74, 6) is -0.0125. The van der Waals surface area contributed by atoms with E-state index >= 15 is 0 Å². The van der Waals surface area contributed by atoms with Crippen LogP contribution in [0.5, 0.6) is 0 Å². The minimum absolute atomic E-state index is 0.0125. The Labute approximate surface area is 168 Å². The van der Waals surface area contributed by atoms with Crippen molar-refractivity contribution in [3.63, 3.8) is 0 Å². The second kappa shape index (κ2) is 7.43. The van der Waals surface area contributed by atoms with Crippen molar-refractivity contribution in [1.82, 2.24) is 14.9 Å². The third-order valence-corrected chi connectivity index (χ3v) is 6.12. The number of rotatable bonds is 5. The Morgan fingerprint density at radius 1 is 1.18 bits per heavy atom. The molecule has 6 heteroatoms. The summed E-state index contributed by atoms with van der Waals surface area (Å²) >= 11 is 1.32. The van der Waals surface area contributed by atoms with Gasteiger partial charge in [0, 0.05) is 6.04 Å². The highest BCUT2D eigenvalue weighted by atomic mass is 32.2. The first-order valence-electron chi connectivity index (χ1n) is 9.50. The molecule has 1 atom stereocenters. The maximum absolute atomic E-state index is 13.3. The van der Waals surface area contributed by atoms with Crippen LogP contribution in [0.15, 0.2) is 52.4 Å². The zero-order valence-corrected chi connectivity index (χ0v) is 17.0. The quantitative estimate of drug-likeness (QED) is 0.529. The van der Waals surface area contributed by atoms with E-state index in [4.69, 9.17) is 4.98 Å². The first-order chi connectivity index (χ1) is 13.4. The Morgan fingerprint density at radius 3 is 2.64 bits per heavy atom. The number of thioether (sulfide) groups is 1. The van der Waals surface area contributed by atoms with Crippen molar-refractivity contribution in [3.8, 4) is 5.69 Å². The lowest BCUT2D eigenvalue weighted by molar-refractivity contribution is -0.120. The zero-order chi connectivity index (χ0) is 19.8. The normalized spacial score (nSPS) is 14.8. The number of carbonyl (C=O) groups is 1. The summed E-state index contributed by atoms with van der Waals surface area (Å²) in [6.07, 6.45) is 2.09. The van der Waals surface area contributed by atoms with E-state index in [-0.39, 0.29) is 16.7 Å². The Hall–Kier alpha value is -2.60. The average Bonchev–Trinajstić information content (AvgIpc) is 3.48. The number of hydrogen-bond donors (Lipinski definition) is 1. The smallest absolute Gasteiger partial charge is 0.266 e. The van der Waals surface area contributed by atoms with Crippen molar-refractivity contribution < 1.29 is 4.79 Å². The molecule has 28 heavy (non-hydrogen) atoms. The van der Waals surface area contributed by atoms with Gasteiger partial charge >= 0.3 is 0 Å². The zero-order valence-electron chi connectivity index (χ0n) is 16.2. The highest BCUT2D eigenvalue weighted by Crippen LogP contribution is 2.27. The summed E-state index contributed by atoms with van der Waals surface area (Å²) in [7, 11) is 0. The van der Waals surface area contributed by atoms with Crippen LogP contribution in [0.2, 0.25) is 0 Å². The predicted molar refractivity (Wildman–Crippen MR) is 113 cm³/mol. The van der Waals surface area contributed by atoms with Gasteiger partial charge in [-0.2, -0.15) is 0 Å². The Balaban J connectivity index is 1.82. The molecule has 0 aliphatic heterocycles. The summed E-state index contributed by atoms with van der Waals surface area (Å²) in [5.41, 5.74) is 3.56. The number of hydrogen-bond acceptors (Lipinski definition) is 4. The molecule has 1 aliphatic carbocycles. The lowest BCUT2D eigenvalue weighted by Crippen LogP contribution is -2.33. The van der Waals surface area contributed by atoms with Crippen LogP contribution in [0.4, 0.5) is 0 Å².